The first-order chi connectivity index (χ1) is 8.11. The van der Waals surface area contributed by atoms with Crippen LogP contribution in [0.4, 0.5) is 4.39 Å². The van der Waals surface area contributed by atoms with Crippen molar-refractivity contribution in [2.24, 2.45) is 5.84 Å². The fourth-order valence-corrected chi connectivity index (χ4v) is 2.95. The van der Waals surface area contributed by atoms with Crippen LogP contribution >= 0.6 is 11.3 Å². The number of aryl methyl sites for hydroxylation is 2. The number of hydrogen-bond donors (Lipinski definition) is 2. The van der Waals surface area contributed by atoms with Gasteiger partial charge in [0, 0.05) is 4.88 Å². The van der Waals surface area contributed by atoms with Gasteiger partial charge in [-0.2, -0.15) is 0 Å². The highest BCUT2D eigenvalue weighted by Gasteiger charge is 2.16. The first kappa shape index (κ1) is 12.2. The number of nitrogens with two attached hydrogens (primary N) is 1. The Morgan fingerprint density at radius 3 is 2.59 bits per heavy atom. The number of hydrazine groups is 1. The molecule has 1 atom stereocenters. The van der Waals surface area contributed by atoms with Crippen LogP contribution < -0.4 is 11.3 Å². The molecular formula is C13H15FN2S. The van der Waals surface area contributed by atoms with Crippen molar-refractivity contribution in [2.45, 2.75) is 19.9 Å². The number of halogens is 1. The van der Waals surface area contributed by atoms with Crippen LogP contribution in [0.2, 0.25) is 0 Å². The highest BCUT2D eigenvalue weighted by molar-refractivity contribution is 7.10. The van der Waals surface area contributed by atoms with Gasteiger partial charge in [-0.05, 0) is 54.1 Å². The highest BCUT2D eigenvalue weighted by Crippen LogP contribution is 2.29. The standard InChI is InChI=1S/C13H15FN2S/c1-8-5-10(7-11(14)6-8)12(16-15)13-9(2)3-4-17-13/h3-7,12,16H,15H2,1-2H3. The Morgan fingerprint density at radius 2 is 2.06 bits per heavy atom. The Hall–Kier alpha value is -1.23. The summed E-state index contributed by atoms with van der Waals surface area (Å²) < 4.78 is 13.4. The monoisotopic (exact) mass is 250 g/mol. The predicted molar refractivity (Wildman–Crippen MR) is 69.4 cm³/mol. The molecule has 0 amide bonds. The molecule has 3 N–H and O–H groups in total. The van der Waals surface area contributed by atoms with Gasteiger partial charge >= 0.3 is 0 Å². The van der Waals surface area contributed by atoms with Gasteiger partial charge in [0.1, 0.15) is 5.82 Å². The van der Waals surface area contributed by atoms with E-state index in [1.165, 1.54) is 17.7 Å². The third-order valence-corrected chi connectivity index (χ3v) is 3.81. The van der Waals surface area contributed by atoms with E-state index >= 15 is 0 Å². The van der Waals surface area contributed by atoms with Gasteiger partial charge in [0.25, 0.3) is 0 Å². The molecule has 17 heavy (non-hydrogen) atoms. The first-order valence-corrected chi connectivity index (χ1v) is 6.27. The van der Waals surface area contributed by atoms with E-state index in [-0.39, 0.29) is 11.9 Å². The molecular weight excluding hydrogens is 235 g/mol. The zero-order valence-electron chi connectivity index (χ0n) is 9.83. The second-order valence-electron chi connectivity index (χ2n) is 4.13. The summed E-state index contributed by atoms with van der Waals surface area (Å²) >= 11 is 1.62. The van der Waals surface area contributed by atoms with E-state index < -0.39 is 0 Å². The number of benzene rings is 1. The molecule has 1 heterocycles. The van der Waals surface area contributed by atoms with Crippen LogP contribution in [0.1, 0.15) is 27.6 Å². The fourth-order valence-electron chi connectivity index (χ4n) is 1.93. The molecule has 0 fully saturated rings. The molecule has 0 radical (unpaired) electrons. The normalized spacial score (nSPS) is 12.7. The lowest BCUT2D eigenvalue weighted by molar-refractivity contribution is 0.606. The molecule has 1 unspecified atom stereocenters. The first-order valence-electron chi connectivity index (χ1n) is 5.39. The summed E-state index contributed by atoms with van der Waals surface area (Å²) in [6.45, 7) is 3.91. The molecule has 1 aromatic heterocycles. The van der Waals surface area contributed by atoms with Crippen molar-refractivity contribution in [3.8, 4) is 0 Å². The Bertz CT molecular complexity index is 502. The molecule has 0 saturated carbocycles. The molecule has 2 nitrogen and oxygen atoms in total. The second-order valence-corrected chi connectivity index (χ2v) is 5.08. The summed E-state index contributed by atoms with van der Waals surface area (Å²) in [6, 6.07) is 6.88. The molecule has 2 rings (SSSR count). The van der Waals surface area contributed by atoms with Gasteiger partial charge in [-0.1, -0.05) is 6.07 Å². The average molecular weight is 250 g/mol. The highest BCUT2D eigenvalue weighted by atomic mass is 32.1. The Kier molecular flexibility index (Phi) is 3.57. The zero-order valence-corrected chi connectivity index (χ0v) is 10.6. The van der Waals surface area contributed by atoms with E-state index in [0.29, 0.717) is 0 Å². The smallest absolute Gasteiger partial charge is 0.123 e. The maximum absolute atomic E-state index is 13.4. The van der Waals surface area contributed by atoms with Crippen molar-refractivity contribution in [1.29, 1.82) is 0 Å². The van der Waals surface area contributed by atoms with Crippen molar-refractivity contribution >= 4 is 11.3 Å². The van der Waals surface area contributed by atoms with E-state index in [9.17, 15) is 4.39 Å². The quantitative estimate of drug-likeness (QED) is 0.649. The maximum Gasteiger partial charge on any atom is 0.123 e. The van der Waals surface area contributed by atoms with Crippen molar-refractivity contribution in [3.05, 3.63) is 57.0 Å². The average Bonchev–Trinajstić information content (AvgIpc) is 2.65. The van der Waals surface area contributed by atoms with Crippen LogP contribution in [0.3, 0.4) is 0 Å². The molecule has 0 spiro atoms. The summed E-state index contributed by atoms with van der Waals surface area (Å²) in [5.74, 6) is 5.37. The third-order valence-electron chi connectivity index (χ3n) is 2.73. The van der Waals surface area contributed by atoms with Gasteiger partial charge in [-0.15, -0.1) is 11.3 Å². The van der Waals surface area contributed by atoms with Crippen molar-refractivity contribution < 1.29 is 4.39 Å². The van der Waals surface area contributed by atoms with Crippen LogP contribution in [0.5, 0.6) is 0 Å². The maximum atomic E-state index is 13.4. The van der Waals surface area contributed by atoms with Crippen LogP contribution in [0, 0.1) is 19.7 Å². The lowest BCUT2D eigenvalue weighted by atomic mass is 10.0. The lowest BCUT2D eigenvalue weighted by Gasteiger charge is -2.16. The van der Waals surface area contributed by atoms with Gasteiger partial charge in [-0.3, -0.25) is 5.84 Å². The summed E-state index contributed by atoms with van der Waals surface area (Å²) in [5.41, 5.74) is 5.68. The molecule has 0 bridgehead atoms. The molecule has 90 valence electrons. The van der Waals surface area contributed by atoms with E-state index in [1.807, 2.05) is 31.4 Å². The fraction of sp³-hybridized carbons (Fsp3) is 0.231. The topological polar surface area (TPSA) is 38.0 Å². The summed E-state index contributed by atoms with van der Waals surface area (Å²) in [4.78, 5) is 1.12. The molecule has 0 aliphatic rings. The molecule has 4 heteroatoms. The summed E-state index contributed by atoms with van der Waals surface area (Å²) in [7, 11) is 0. The van der Waals surface area contributed by atoms with Crippen molar-refractivity contribution in [3.63, 3.8) is 0 Å². The minimum Gasteiger partial charge on any atom is -0.271 e. The van der Waals surface area contributed by atoms with Gasteiger partial charge in [0.05, 0.1) is 6.04 Å². The van der Waals surface area contributed by atoms with Gasteiger partial charge in [-0.25, -0.2) is 9.82 Å². The van der Waals surface area contributed by atoms with Crippen molar-refractivity contribution in [2.75, 3.05) is 0 Å². The largest absolute Gasteiger partial charge is 0.271 e. The third kappa shape index (κ3) is 2.54. The van der Waals surface area contributed by atoms with Gasteiger partial charge in [0.2, 0.25) is 0 Å². The minimum atomic E-state index is -0.227. The minimum absolute atomic E-state index is 0.149. The Morgan fingerprint density at radius 1 is 1.29 bits per heavy atom. The Labute approximate surface area is 104 Å². The summed E-state index contributed by atoms with van der Waals surface area (Å²) in [6.07, 6.45) is 0. The van der Waals surface area contributed by atoms with Gasteiger partial charge < -0.3 is 0 Å². The van der Waals surface area contributed by atoms with E-state index in [4.69, 9.17) is 5.84 Å². The number of hydrogen-bond acceptors (Lipinski definition) is 3. The lowest BCUT2D eigenvalue weighted by Crippen LogP contribution is -2.28. The summed E-state index contributed by atoms with van der Waals surface area (Å²) in [5, 5.41) is 2.02. The van der Waals surface area contributed by atoms with Crippen LogP contribution in [-0.4, -0.2) is 0 Å². The second kappa shape index (κ2) is 4.96. The molecule has 0 aliphatic carbocycles. The van der Waals surface area contributed by atoms with Crippen LogP contribution in [-0.2, 0) is 0 Å². The zero-order chi connectivity index (χ0) is 12.4. The SMILES string of the molecule is Cc1cc(F)cc(C(NN)c2sccc2C)c1. The van der Waals surface area contributed by atoms with E-state index in [0.717, 1.165) is 16.0 Å². The molecule has 1 aromatic carbocycles. The van der Waals surface area contributed by atoms with Crippen LogP contribution in [0.15, 0.2) is 29.6 Å². The molecule has 0 aliphatic heterocycles. The molecule has 0 saturated heterocycles. The van der Waals surface area contributed by atoms with Gasteiger partial charge in [0.15, 0.2) is 0 Å². The predicted octanol–water partition coefficient (Wildman–Crippen LogP) is 3.06. The Balaban J connectivity index is 2.45. The van der Waals surface area contributed by atoms with E-state index in [1.54, 1.807) is 11.3 Å². The number of thiophene rings is 1. The van der Waals surface area contributed by atoms with Crippen molar-refractivity contribution in [1.82, 2.24) is 5.43 Å². The van der Waals surface area contributed by atoms with Crippen LogP contribution in [0.25, 0.3) is 0 Å². The number of rotatable bonds is 3. The molecule has 2 aromatic rings. The number of nitrogens with one attached hydrogen (secondary N) is 1. The van der Waals surface area contributed by atoms with E-state index in [2.05, 4.69) is 5.43 Å².